The van der Waals surface area contributed by atoms with Crippen LogP contribution < -0.4 is 10.2 Å². The first-order chi connectivity index (χ1) is 12.8. The standard InChI is InChI=1S/C17H16F3N5OS/c1-24(8-13-3-2-6-27-13)9-16(26)23-14-7-12(17(18,19)20)4-5-15(14)25-11-21-10-22-25/h2-7,10-11H,8-9H2,1H3,(H,23,26)/p+1. The third kappa shape index (κ3) is 4.92. The van der Waals surface area contributed by atoms with Crippen molar-refractivity contribution in [1.82, 2.24) is 14.8 Å². The molecular formula is C17H17F3N5OS+. The van der Waals surface area contributed by atoms with E-state index in [-0.39, 0.29) is 18.1 Å². The summed E-state index contributed by atoms with van der Waals surface area (Å²) in [5.41, 5.74) is -0.505. The summed E-state index contributed by atoms with van der Waals surface area (Å²) >= 11 is 1.59. The molecule has 6 nitrogen and oxygen atoms in total. The van der Waals surface area contributed by atoms with Gasteiger partial charge in [0.2, 0.25) is 0 Å². The summed E-state index contributed by atoms with van der Waals surface area (Å²) in [6, 6.07) is 7.02. The van der Waals surface area contributed by atoms with Gasteiger partial charge in [0, 0.05) is 0 Å². The maximum absolute atomic E-state index is 13.1. The number of nitrogens with one attached hydrogen (secondary N) is 2. The molecule has 142 valence electrons. The van der Waals surface area contributed by atoms with Crippen LogP contribution in [-0.4, -0.2) is 34.3 Å². The second-order valence-electron chi connectivity index (χ2n) is 6.01. The van der Waals surface area contributed by atoms with Gasteiger partial charge in [0.05, 0.1) is 28.9 Å². The highest BCUT2D eigenvalue weighted by Gasteiger charge is 2.31. The number of likely N-dealkylation sites (N-methyl/N-ethyl adjacent to an activating group) is 1. The van der Waals surface area contributed by atoms with Crippen molar-refractivity contribution in [3.8, 4) is 5.69 Å². The summed E-state index contributed by atoms with van der Waals surface area (Å²) in [6.07, 6.45) is -1.89. The van der Waals surface area contributed by atoms with Gasteiger partial charge in [0.25, 0.3) is 5.91 Å². The number of benzene rings is 1. The Morgan fingerprint density at radius 1 is 1.33 bits per heavy atom. The molecule has 1 atom stereocenters. The van der Waals surface area contributed by atoms with E-state index < -0.39 is 11.7 Å². The van der Waals surface area contributed by atoms with Gasteiger partial charge in [-0.3, -0.25) is 4.79 Å². The Labute approximate surface area is 157 Å². The number of aromatic nitrogens is 3. The van der Waals surface area contributed by atoms with Crippen LogP contribution in [0.4, 0.5) is 18.9 Å². The normalized spacial score (nSPS) is 12.7. The van der Waals surface area contributed by atoms with Gasteiger partial charge in [-0.05, 0) is 29.6 Å². The van der Waals surface area contributed by atoms with Crippen molar-refractivity contribution >= 4 is 22.9 Å². The maximum atomic E-state index is 13.1. The molecule has 2 N–H and O–H groups in total. The molecule has 0 spiro atoms. The van der Waals surface area contributed by atoms with Crippen molar-refractivity contribution in [2.75, 3.05) is 18.9 Å². The van der Waals surface area contributed by atoms with Gasteiger partial charge in [-0.2, -0.15) is 18.3 Å². The Morgan fingerprint density at radius 2 is 2.15 bits per heavy atom. The third-order valence-electron chi connectivity index (χ3n) is 3.78. The van der Waals surface area contributed by atoms with Crippen LogP contribution in [0.3, 0.4) is 0 Å². The fraction of sp³-hybridized carbons (Fsp3) is 0.235. The first kappa shape index (κ1) is 19.1. The van der Waals surface area contributed by atoms with E-state index in [0.717, 1.165) is 21.9 Å². The fourth-order valence-corrected chi connectivity index (χ4v) is 3.41. The van der Waals surface area contributed by atoms with E-state index in [9.17, 15) is 18.0 Å². The second kappa shape index (κ2) is 7.89. The number of rotatable bonds is 6. The molecule has 10 heteroatoms. The summed E-state index contributed by atoms with van der Waals surface area (Å²) in [4.78, 5) is 18.2. The summed E-state index contributed by atoms with van der Waals surface area (Å²) < 4.78 is 40.5. The molecule has 0 aliphatic carbocycles. The lowest BCUT2D eigenvalue weighted by atomic mass is 10.1. The smallest absolute Gasteiger partial charge is 0.325 e. The van der Waals surface area contributed by atoms with Crippen molar-refractivity contribution in [2.24, 2.45) is 0 Å². The van der Waals surface area contributed by atoms with Crippen LogP contribution >= 0.6 is 11.3 Å². The molecule has 1 amide bonds. The molecule has 2 heterocycles. The summed E-state index contributed by atoms with van der Waals surface area (Å²) in [7, 11) is 1.85. The highest BCUT2D eigenvalue weighted by molar-refractivity contribution is 7.09. The molecule has 0 radical (unpaired) electrons. The Balaban J connectivity index is 1.78. The number of alkyl halides is 3. The van der Waals surface area contributed by atoms with Gasteiger partial charge >= 0.3 is 6.18 Å². The second-order valence-corrected chi connectivity index (χ2v) is 7.04. The Hall–Kier alpha value is -2.72. The van der Waals surface area contributed by atoms with Crippen LogP contribution in [0.5, 0.6) is 0 Å². The number of carbonyl (C=O) groups excluding carboxylic acids is 1. The van der Waals surface area contributed by atoms with Gasteiger partial charge in [-0.1, -0.05) is 6.07 Å². The van der Waals surface area contributed by atoms with E-state index >= 15 is 0 Å². The number of hydrogen-bond acceptors (Lipinski definition) is 4. The minimum atomic E-state index is -4.51. The summed E-state index contributed by atoms with van der Waals surface area (Å²) in [5.74, 6) is -0.384. The lowest BCUT2D eigenvalue weighted by molar-refractivity contribution is -0.884. The highest BCUT2D eigenvalue weighted by Crippen LogP contribution is 2.33. The van der Waals surface area contributed by atoms with E-state index in [2.05, 4.69) is 15.4 Å². The minimum absolute atomic E-state index is 0.0317. The molecule has 0 saturated carbocycles. The zero-order valence-corrected chi connectivity index (χ0v) is 15.1. The predicted molar refractivity (Wildman–Crippen MR) is 94.8 cm³/mol. The van der Waals surface area contributed by atoms with Crippen molar-refractivity contribution in [2.45, 2.75) is 12.7 Å². The van der Waals surface area contributed by atoms with Crippen molar-refractivity contribution in [3.63, 3.8) is 0 Å². The zero-order chi connectivity index (χ0) is 19.4. The van der Waals surface area contributed by atoms with Crippen LogP contribution in [0.2, 0.25) is 0 Å². The van der Waals surface area contributed by atoms with Crippen molar-refractivity contribution in [3.05, 3.63) is 58.8 Å². The van der Waals surface area contributed by atoms with Crippen molar-refractivity contribution < 1.29 is 22.9 Å². The molecule has 1 aromatic carbocycles. The number of thiophene rings is 1. The van der Waals surface area contributed by atoms with Gasteiger partial charge in [-0.15, -0.1) is 11.3 Å². The Morgan fingerprint density at radius 3 is 2.78 bits per heavy atom. The monoisotopic (exact) mass is 396 g/mol. The summed E-state index contributed by atoms with van der Waals surface area (Å²) in [6.45, 7) is 0.772. The third-order valence-corrected chi connectivity index (χ3v) is 4.66. The van der Waals surface area contributed by atoms with Crippen LogP contribution in [0, 0.1) is 0 Å². The molecule has 2 aromatic heterocycles. The molecule has 0 aliphatic heterocycles. The number of nitrogens with zero attached hydrogens (tertiary/aromatic N) is 3. The molecule has 0 bridgehead atoms. The van der Waals surface area contributed by atoms with Crippen LogP contribution in [0.15, 0.2) is 48.4 Å². The van der Waals surface area contributed by atoms with Crippen molar-refractivity contribution in [1.29, 1.82) is 0 Å². The van der Waals surface area contributed by atoms with E-state index in [1.807, 2.05) is 24.6 Å². The largest absolute Gasteiger partial charge is 0.416 e. The first-order valence-electron chi connectivity index (χ1n) is 8.02. The molecule has 1 unspecified atom stereocenters. The first-order valence-corrected chi connectivity index (χ1v) is 8.90. The number of carbonyl (C=O) groups is 1. The zero-order valence-electron chi connectivity index (χ0n) is 14.3. The van der Waals surface area contributed by atoms with Crippen LogP contribution in [0.25, 0.3) is 5.69 Å². The van der Waals surface area contributed by atoms with E-state index in [1.54, 1.807) is 11.3 Å². The highest BCUT2D eigenvalue weighted by atomic mass is 32.1. The lowest BCUT2D eigenvalue weighted by Gasteiger charge is -2.16. The fourth-order valence-electron chi connectivity index (χ4n) is 2.59. The average Bonchev–Trinajstić information content (AvgIpc) is 3.27. The number of anilines is 1. The SMILES string of the molecule is C[NH+](CC(=O)Nc1cc(C(F)(F)F)ccc1-n1cncn1)Cc1cccs1. The molecular weight excluding hydrogens is 379 g/mol. The molecule has 0 saturated heterocycles. The quantitative estimate of drug-likeness (QED) is 0.670. The van der Waals surface area contributed by atoms with Gasteiger partial charge in [0.1, 0.15) is 19.2 Å². The molecule has 3 rings (SSSR count). The molecule has 3 aromatic rings. The number of quaternary nitrogens is 1. The van der Waals surface area contributed by atoms with E-state index in [0.29, 0.717) is 12.2 Å². The Kier molecular flexibility index (Phi) is 5.57. The van der Waals surface area contributed by atoms with Gasteiger partial charge in [-0.25, -0.2) is 9.67 Å². The van der Waals surface area contributed by atoms with E-state index in [4.69, 9.17) is 0 Å². The van der Waals surface area contributed by atoms with Crippen LogP contribution in [0.1, 0.15) is 10.4 Å². The molecule has 27 heavy (non-hydrogen) atoms. The number of hydrogen-bond donors (Lipinski definition) is 2. The minimum Gasteiger partial charge on any atom is -0.325 e. The number of amides is 1. The average molecular weight is 396 g/mol. The summed E-state index contributed by atoms with van der Waals surface area (Å²) in [5, 5.41) is 8.46. The van der Waals surface area contributed by atoms with Gasteiger partial charge in [0.15, 0.2) is 6.54 Å². The predicted octanol–water partition coefficient (Wildman–Crippen LogP) is 2.00. The maximum Gasteiger partial charge on any atom is 0.416 e. The number of halogens is 3. The van der Waals surface area contributed by atoms with E-state index in [1.165, 1.54) is 23.4 Å². The Bertz CT molecular complexity index is 894. The molecule has 0 aliphatic rings. The lowest BCUT2D eigenvalue weighted by Crippen LogP contribution is -3.08. The molecule has 0 fully saturated rings. The van der Waals surface area contributed by atoms with Gasteiger partial charge < -0.3 is 10.2 Å². The van der Waals surface area contributed by atoms with Crippen LogP contribution in [-0.2, 0) is 17.5 Å². The topological polar surface area (TPSA) is 64.2 Å².